The zero-order valence-electron chi connectivity index (χ0n) is 9.48. The first kappa shape index (κ1) is 13.1. The molecule has 0 saturated heterocycles. The first-order valence-corrected chi connectivity index (χ1v) is 5.30. The van der Waals surface area contributed by atoms with Crippen molar-refractivity contribution in [2.24, 2.45) is 0 Å². The Bertz CT molecular complexity index is 409. The van der Waals surface area contributed by atoms with Gasteiger partial charge in [-0.25, -0.2) is 0 Å². The van der Waals surface area contributed by atoms with Gasteiger partial charge in [-0.3, -0.25) is 4.79 Å². The van der Waals surface area contributed by atoms with Crippen LogP contribution < -0.4 is 10.1 Å². The fourth-order valence-electron chi connectivity index (χ4n) is 1.33. The van der Waals surface area contributed by atoms with E-state index in [4.69, 9.17) is 16.3 Å². The molecule has 0 aliphatic carbocycles. The SMILES string of the molecule is C#CCOc1ccccc1CNCCC(=O)O. The minimum absolute atomic E-state index is 0.105. The second kappa shape index (κ2) is 7.31. The summed E-state index contributed by atoms with van der Waals surface area (Å²) in [5.41, 5.74) is 0.966. The number of carbonyl (C=O) groups is 1. The Kier molecular flexibility index (Phi) is 5.62. The third kappa shape index (κ3) is 5.05. The van der Waals surface area contributed by atoms with Gasteiger partial charge in [0.15, 0.2) is 0 Å². The van der Waals surface area contributed by atoms with Crippen molar-refractivity contribution in [3.8, 4) is 18.1 Å². The lowest BCUT2D eigenvalue weighted by molar-refractivity contribution is -0.136. The van der Waals surface area contributed by atoms with E-state index in [2.05, 4.69) is 11.2 Å². The number of nitrogens with one attached hydrogen (secondary N) is 1. The molecule has 0 bridgehead atoms. The van der Waals surface area contributed by atoms with E-state index in [1.807, 2.05) is 24.3 Å². The number of rotatable bonds is 7. The zero-order chi connectivity index (χ0) is 12.5. The summed E-state index contributed by atoms with van der Waals surface area (Å²) in [6.45, 7) is 1.22. The monoisotopic (exact) mass is 233 g/mol. The van der Waals surface area contributed by atoms with Crippen LogP contribution in [0.4, 0.5) is 0 Å². The van der Waals surface area contributed by atoms with E-state index in [-0.39, 0.29) is 13.0 Å². The largest absolute Gasteiger partial charge is 0.481 e. The molecule has 1 aromatic rings. The molecule has 0 aromatic heterocycles. The standard InChI is InChI=1S/C13H15NO3/c1-2-9-17-12-6-4-3-5-11(12)10-14-8-7-13(15)16/h1,3-6,14H,7-10H2,(H,15,16). The highest BCUT2D eigenvalue weighted by molar-refractivity contribution is 5.66. The van der Waals surface area contributed by atoms with Crippen LogP contribution in [-0.4, -0.2) is 24.2 Å². The summed E-state index contributed by atoms with van der Waals surface area (Å²) in [6, 6.07) is 7.52. The summed E-state index contributed by atoms with van der Waals surface area (Å²) >= 11 is 0. The van der Waals surface area contributed by atoms with Gasteiger partial charge in [0.1, 0.15) is 12.4 Å². The molecule has 4 heteroatoms. The van der Waals surface area contributed by atoms with E-state index < -0.39 is 5.97 Å². The molecule has 0 spiro atoms. The maximum Gasteiger partial charge on any atom is 0.304 e. The maximum absolute atomic E-state index is 10.3. The van der Waals surface area contributed by atoms with Crippen LogP contribution >= 0.6 is 0 Å². The Hall–Kier alpha value is -1.99. The fraction of sp³-hybridized carbons (Fsp3) is 0.308. The average Bonchev–Trinajstić information content (AvgIpc) is 2.33. The summed E-state index contributed by atoms with van der Waals surface area (Å²) in [5, 5.41) is 11.5. The van der Waals surface area contributed by atoms with Crippen molar-refractivity contribution in [2.75, 3.05) is 13.2 Å². The minimum Gasteiger partial charge on any atom is -0.481 e. The van der Waals surface area contributed by atoms with Gasteiger partial charge in [0.25, 0.3) is 0 Å². The topological polar surface area (TPSA) is 58.6 Å². The molecule has 0 aliphatic rings. The van der Waals surface area contributed by atoms with Crippen LogP contribution in [0.5, 0.6) is 5.75 Å². The summed E-state index contributed by atoms with van der Waals surface area (Å²) in [5.74, 6) is 2.32. The third-order valence-corrected chi connectivity index (χ3v) is 2.11. The summed E-state index contributed by atoms with van der Waals surface area (Å²) in [6.07, 6.45) is 5.23. The number of carboxylic acids is 1. The van der Waals surface area contributed by atoms with Crippen LogP contribution in [0.1, 0.15) is 12.0 Å². The summed E-state index contributed by atoms with van der Waals surface area (Å²) in [4.78, 5) is 10.3. The molecule has 0 aliphatic heterocycles. The van der Waals surface area contributed by atoms with Gasteiger partial charge in [0.2, 0.25) is 0 Å². The van der Waals surface area contributed by atoms with Crippen molar-refractivity contribution in [3.63, 3.8) is 0 Å². The van der Waals surface area contributed by atoms with Gasteiger partial charge >= 0.3 is 5.97 Å². The first-order valence-electron chi connectivity index (χ1n) is 5.30. The van der Waals surface area contributed by atoms with Gasteiger partial charge < -0.3 is 15.2 Å². The van der Waals surface area contributed by atoms with Crippen molar-refractivity contribution in [1.29, 1.82) is 0 Å². The van der Waals surface area contributed by atoms with Gasteiger partial charge in [-0.1, -0.05) is 24.1 Å². The van der Waals surface area contributed by atoms with Gasteiger partial charge in [0, 0.05) is 18.7 Å². The lowest BCUT2D eigenvalue weighted by atomic mass is 10.2. The molecule has 2 N–H and O–H groups in total. The second-order valence-electron chi connectivity index (χ2n) is 3.42. The highest BCUT2D eigenvalue weighted by Gasteiger charge is 2.02. The van der Waals surface area contributed by atoms with Gasteiger partial charge in [0.05, 0.1) is 6.42 Å². The van der Waals surface area contributed by atoms with Crippen LogP contribution in [-0.2, 0) is 11.3 Å². The number of hydrogen-bond donors (Lipinski definition) is 2. The molecule has 90 valence electrons. The highest BCUT2D eigenvalue weighted by atomic mass is 16.5. The van der Waals surface area contributed by atoms with Crippen LogP contribution in [0.3, 0.4) is 0 Å². The zero-order valence-corrected chi connectivity index (χ0v) is 9.48. The van der Waals surface area contributed by atoms with Crippen molar-refractivity contribution in [1.82, 2.24) is 5.32 Å². The van der Waals surface area contributed by atoms with Crippen molar-refractivity contribution < 1.29 is 14.6 Å². The van der Waals surface area contributed by atoms with Crippen molar-refractivity contribution in [3.05, 3.63) is 29.8 Å². The molecule has 0 fully saturated rings. The Morgan fingerprint density at radius 1 is 1.47 bits per heavy atom. The van der Waals surface area contributed by atoms with Crippen molar-refractivity contribution >= 4 is 5.97 Å². The average molecular weight is 233 g/mol. The van der Waals surface area contributed by atoms with E-state index in [0.29, 0.717) is 13.1 Å². The lowest BCUT2D eigenvalue weighted by Gasteiger charge is -2.09. The van der Waals surface area contributed by atoms with Crippen LogP contribution in [0, 0.1) is 12.3 Å². The smallest absolute Gasteiger partial charge is 0.304 e. The highest BCUT2D eigenvalue weighted by Crippen LogP contribution is 2.17. The van der Waals surface area contributed by atoms with E-state index in [9.17, 15) is 4.79 Å². The summed E-state index contributed by atoms with van der Waals surface area (Å²) in [7, 11) is 0. The van der Waals surface area contributed by atoms with E-state index in [1.54, 1.807) is 0 Å². The van der Waals surface area contributed by atoms with E-state index >= 15 is 0 Å². The number of terminal acetylenes is 1. The molecule has 0 saturated carbocycles. The van der Waals surface area contributed by atoms with Gasteiger partial charge in [-0.2, -0.15) is 0 Å². The number of benzene rings is 1. The molecular weight excluding hydrogens is 218 g/mol. The predicted molar refractivity (Wildman–Crippen MR) is 64.7 cm³/mol. The van der Waals surface area contributed by atoms with Crippen LogP contribution in [0.25, 0.3) is 0 Å². The summed E-state index contributed by atoms with van der Waals surface area (Å²) < 4.78 is 5.37. The molecule has 1 rings (SSSR count). The number of aliphatic carboxylic acids is 1. The minimum atomic E-state index is -0.811. The molecule has 17 heavy (non-hydrogen) atoms. The molecule has 4 nitrogen and oxygen atoms in total. The number of hydrogen-bond acceptors (Lipinski definition) is 3. The number of para-hydroxylation sites is 1. The Morgan fingerprint density at radius 3 is 2.94 bits per heavy atom. The number of carboxylic acid groups (broad SMARTS) is 1. The predicted octanol–water partition coefficient (Wildman–Crippen LogP) is 1.26. The Labute approximate surface area is 101 Å². The lowest BCUT2D eigenvalue weighted by Crippen LogP contribution is -2.18. The molecular formula is C13H15NO3. The van der Waals surface area contributed by atoms with Crippen LogP contribution in [0.15, 0.2) is 24.3 Å². The van der Waals surface area contributed by atoms with Gasteiger partial charge in [-0.05, 0) is 6.07 Å². The molecule has 0 amide bonds. The van der Waals surface area contributed by atoms with Crippen LogP contribution in [0.2, 0.25) is 0 Å². The quantitative estimate of drug-likeness (QED) is 0.550. The Morgan fingerprint density at radius 2 is 2.24 bits per heavy atom. The van der Waals surface area contributed by atoms with E-state index in [1.165, 1.54) is 0 Å². The van der Waals surface area contributed by atoms with Crippen molar-refractivity contribution in [2.45, 2.75) is 13.0 Å². The third-order valence-electron chi connectivity index (χ3n) is 2.11. The fourth-order valence-corrected chi connectivity index (χ4v) is 1.33. The van der Waals surface area contributed by atoms with E-state index in [0.717, 1.165) is 11.3 Å². The maximum atomic E-state index is 10.3. The normalized spacial score (nSPS) is 9.59. The Balaban J connectivity index is 2.46. The molecule has 0 radical (unpaired) electrons. The number of ether oxygens (including phenoxy) is 1. The molecule has 1 aromatic carbocycles. The molecule has 0 heterocycles. The molecule has 0 atom stereocenters. The second-order valence-corrected chi connectivity index (χ2v) is 3.42. The first-order chi connectivity index (χ1) is 8.24. The molecule has 0 unspecified atom stereocenters. The van der Waals surface area contributed by atoms with Gasteiger partial charge in [-0.15, -0.1) is 6.42 Å².